The first-order valence-electron chi connectivity index (χ1n) is 8.52. The van der Waals surface area contributed by atoms with Crippen molar-refractivity contribution in [3.63, 3.8) is 0 Å². The Bertz CT molecular complexity index is 1030. The average molecular weight is 416 g/mol. The van der Waals surface area contributed by atoms with Crippen molar-refractivity contribution in [2.75, 3.05) is 11.1 Å². The maximum absolute atomic E-state index is 12.4. The SMILES string of the molecule is Cc1cc(C)c(NC(=O)CSc2nn(-c3ccccc3C)c(=S)s2)c(C)c1. The van der Waals surface area contributed by atoms with Crippen LogP contribution in [-0.2, 0) is 4.79 Å². The third-order valence-corrected chi connectivity index (χ3v) is 6.51. The Balaban J connectivity index is 1.69. The number of hydrogen-bond acceptors (Lipinski definition) is 5. The number of carbonyl (C=O) groups is 1. The lowest BCUT2D eigenvalue weighted by atomic mass is 10.1. The van der Waals surface area contributed by atoms with Crippen LogP contribution in [0.1, 0.15) is 22.3 Å². The molecule has 1 amide bonds. The molecule has 1 N–H and O–H groups in total. The number of aryl methyl sites for hydroxylation is 4. The fourth-order valence-corrected chi connectivity index (χ4v) is 5.10. The first-order chi connectivity index (χ1) is 12.8. The molecule has 7 heteroatoms. The van der Waals surface area contributed by atoms with Crippen LogP contribution in [0.25, 0.3) is 5.69 Å². The van der Waals surface area contributed by atoms with Crippen molar-refractivity contribution >= 4 is 46.9 Å². The normalized spacial score (nSPS) is 10.8. The van der Waals surface area contributed by atoms with Gasteiger partial charge in [-0.1, -0.05) is 59.0 Å². The molecule has 0 spiro atoms. The van der Waals surface area contributed by atoms with E-state index in [0.717, 1.165) is 32.4 Å². The van der Waals surface area contributed by atoms with Crippen molar-refractivity contribution in [2.45, 2.75) is 32.0 Å². The van der Waals surface area contributed by atoms with Crippen molar-refractivity contribution in [1.82, 2.24) is 9.78 Å². The molecule has 27 heavy (non-hydrogen) atoms. The van der Waals surface area contributed by atoms with E-state index in [1.54, 1.807) is 4.68 Å². The minimum atomic E-state index is -0.0430. The van der Waals surface area contributed by atoms with Gasteiger partial charge in [-0.3, -0.25) is 4.79 Å². The molecule has 0 fully saturated rings. The van der Waals surface area contributed by atoms with E-state index in [4.69, 9.17) is 12.2 Å². The summed E-state index contributed by atoms with van der Waals surface area (Å²) in [6, 6.07) is 12.1. The fourth-order valence-electron chi connectivity index (χ4n) is 2.95. The molecule has 0 aliphatic carbocycles. The summed E-state index contributed by atoms with van der Waals surface area (Å²) < 4.78 is 3.23. The second kappa shape index (κ2) is 8.37. The molecule has 3 aromatic rings. The van der Waals surface area contributed by atoms with Crippen molar-refractivity contribution < 1.29 is 4.79 Å². The molecule has 3 rings (SSSR count). The second-order valence-electron chi connectivity index (χ2n) is 6.44. The molecular formula is C20H21N3OS3. The van der Waals surface area contributed by atoms with Gasteiger partial charge in [0.1, 0.15) is 0 Å². The molecule has 0 atom stereocenters. The standard InChI is InChI=1S/C20H21N3OS3/c1-12-9-14(3)18(15(4)10-12)21-17(24)11-26-19-22-23(20(25)27-19)16-8-6-5-7-13(16)2/h5-10H,11H2,1-4H3,(H,21,24). The zero-order chi connectivity index (χ0) is 19.6. The molecule has 0 aliphatic rings. The van der Waals surface area contributed by atoms with Crippen LogP contribution >= 0.6 is 35.3 Å². The molecule has 0 aliphatic heterocycles. The van der Waals surface area contributed by atoms with Gasteiger partial charge in [-0.25, -0.2) is 4.68 Å². The van der Waals surface area contributed by atoms with E-state index in [1.807, 2.05) is 45.0 Å². The highest BCUT2D eigenvalue weighted by atomic mass is 32.2. The summed E-state index contributed by atoms with van der Waals surface area (Å²) >= 11 is 8.28. The Kier molecular flexibility index (Phi) is 6.14. The first-order valence-corrected chi connectivity index (χ1v) is 10.7. The van der Waals surface area contributed by atoms with Gasteiger partial charge in [0.25, 0.3) is 0 Å². The lowest BCUT2D eigenvalue weighted by Gasteiger charge is -2.12. The van der Waals surface area contributed by atoms with Crippen molar-refractivity contribution in [3.05, 3.63) is 62.6 Å². The molecule has 2 aromatic carbocycles. The lowest BCUT2D eigenvalue weighted by molar-refractivity contribution is -0.113. The van der Waals surface area contributed by atoms with Gasteiger partial charge in [-0.05, 0) is 62.7 Å². The second-order valence-corrected chi connectivity index (χ2v) is 9.29. The number of rotatable bonds is 5. The zero-order valence-corrected chi connectivity index (χ0v) is 18.1. The zero-order valence-electron chi connectivity index (χ0n) is 15.7. The van der Waals surface area contributed by atoms with Crippen LogP contribution < -0.4 is 5.32 Å². The largest absolute Gasteiger partial charge is 0.325 e. The average Bonchev–Trinajstić information content (AvgIpc) is 2.97. The molecule has 0 bridgehead atoms. The number of anilines is 1. The van der Waals surface area contributed by atoms with E-state index in [-0.39, 0.29) is 5.91 Å². The Morgan fingerprint density at radius 1 is 1.15 bits per heavy atom. The van der Waals surface area contributed by atoms with E-state index in [9.17, 15) is 4.79 Å². The van der Waals surface area contributed by atoms with E-state index >= 15 is 0 Å². The van der Waals surface area contributed by atoms with Crippen LogP contribution in [0.5, 0.6) is 0 Å². The first kappa shape index (κ1) is 19.8. The monoisotopic (exact) mass is 415 g/mol. The van der Waals surface area contributed by atoms with Crippen LogP contribution in [-0.4, -0.2) is 21.4 Å². The van der Waals surface area contributed by atoms with Gasteiger partial charge < -0.3 is 5.32 Å². The van der Waals surface area contributed by atoms with Crippen LogP contribution in [0.3, 0.4) is 0 Å². The molecule has 0 unspecified atom stereocenters. The van der Waals surface area contributed by atoms with Gasteiger partial charge in [0.05, 0.1) is 11.4 Å². The van der Waals surface area contributed by atoms with Crippen LogP contribution in [0.15, 0.2) is 40.7 Å². The quantitative estimate of drug-likeness (QED) is 0.433. The Morgan fingerprint density at radius 3 is 2.48 bits per heavy atom. The Hall–Kier alpha value is -1.96. The summed E-state index contributed by atoms with van der Waals surface area (Å²) in [5.41, 5.74) is 6.32. The molecule has 140 valence electrons. The summed E-state index contributed by atoms with van der Waals surface area (Å²) in [5.74, 6) is 0.252. The predicted molar refractivity (Wildman–Crippen MR) is 117 cm³/mol. The number of aromatic nitrogens is 2. The minimum Gasteiger partial charge on any atom is -0.325 e. The van der Waals surface area contributed by atoms with Crippen molar-refractivity contribution in [1.29, 1.82) is 0 Å². The summed E-state index contributed by atoms with van der Waals surface area (Å²) in [7, 11) is 0. The van der Waals surface area contributed by atoms with Gasteiger partial charge in [0.15, 0.2) is 8.29 Å². The highest BCUT2D eigenvalue weighted by Gasteiger charge is 2.12. The van der Waals surface area contributed by atoms with Crippen molar-refractivity contribution in [3.8, 4) is 5.69 Å². The number of para-hydroxylation sites is 1. The van der Waals surface area contributed by atoms with Crippen LogP contribution in [0.2, 0.25) is 0 Å². The van der Waals surface area contributed by atoms with Gasteiger partial charge in [0, 0.05) is 5.69 Å². The van der Waals surface area contributed by atoms with Gasteiger partial charge >= 0.3 is 0 Å². The number of hydrogen-bond donors (Lipinski definition) is 1. The molecule has 0 saturated carbocycles. The number of benzene rings is 2. The van der Waals surface area contributed by atoms with Gasteiger partial charge in [-0.15, -0.1) is 5.10 Å². The number of amides is 1. The lowest BCUT2D eigenvalue weighted by Crippen LogP contribution is -2.16. The van der Waals surface area contributed by atoms with Gasteiger partial charge in [0.2, 0.25) is 5.91 Å². The molecule has 1 aromatic heterocycles. The molecule has 0 saturated heterocycles. The topological polar surface area (TPSA) is 46.9 Å². The maximum atomic E-state index is 12.4. The Labute approximate surface area is 172 Å². The maximum Gasteiger partial charge on any atom is 0.234 e. The number of nitrogens with zero attached hydrogens (tertiary/aromatic N) is 2. The molecule has 4 nitrogen and oxygen atoms in total. The van der Waals surface area contributed by atoms with E-state index in [1.165, 1.54) is 28.7 Å². The molecule has 1 heterocycles. The minimum absolute atomic E-state index is 0.0430. The summed E-state index contributed by atoms with van der Waals surface area (Å²) in [6.07, 6.45) is 0. The summed E-state index contributed by atoms with van der Waals surface area (Å²) in [6.45, 7) is 8.11. The molecular weight excluding hydrogens is 394 g/mol. The number of nitrogens with one attached hydrogen (secondary N) is 1. The summed E-state index contributed by atoms with van der Waals surface area (Å²) in [5, 5.41) is 7.60. The van der Waals surface area contributed by atoms with Gasteiger partial charge in [-0.2, -0.15) is 0 Å². The summed E-state index contributed by atoms with van der Waals surface area (Å²) in [4.78, 5) is 12.4. The third-order valence-electron chi connectivity index (χ3n) is 4.14. The highest BCUT2D eigenvalue weighted by molar-refractivity contribution is 8.01. The van der Waals surface area contributed by atoms with E-state index < -0.39 is 0 Å². The smallest absolute Gasteiger partial charge is 0.234 e. The van der Waals surface area contributed by atoms with Crippen LogP contribution in [0.4, 0.5) is 5.69 Å². The number of thioether (sulfide) groups is 1. The van der Waals surface area contributed by atoms with E-state index in [2.05, 4.69) is 29.5 Å². The van der Waals surface area contributed by atoms with E-state index in [0.29, 0.717) is 9.71 Å². The number of carbonyl (C=O) groups excluding carboxylic acids is 1. The third kappa shape index (κ3) is 4.66. The highest BCUT2D eigenvalue weighted by Crippen LogP contribution is 2.26. The van der Waals surface area contributed by atoms with Crippen molar-refractivity contribution in [2.24, 2.45) is 0 Å². The predicted octanol–water partition coefficient (Wildman–Crippen LogP) is 5.63. The molecule has 0 radical (unpaired) electrons. The Morgan fingerprint density at radius 2 is 1.81 bits per heavy atom. The van der Waals surface area contributed by atoms with Crippen LogP contribution in [0, 0.1) is 31.6 Å². The fraction of sp³-hybridized carbons (Fsp3) is 0.250.